The molecule has 0 heterocycles. The minimum absolute atomic E-state index is 0.0133. The van der Waals surface area contributed by atoms with Crippen LogP contribution in [0.15, 0.2) is 0 Å². The molecule has 25 heavy (non-hydrogen) atoms. The Morgan fingerprint density at radius 3 is 1.88 bits per heavy atom. The second kappa shape index (κ2) is 16.4. The summed E-state index contributed by atoms with van der Waals surface area (Å²) in [7, 11) is 0. The van der Waals surface area contributed by atoms with E-state index in [0.717, 1.165) is 70.6 Å². The molecule has 0 aliphatic heterocycles. The molecular weight excluding hydrogens is 320 g/mol. The third-order valence-corrected chi connectivity index (χ3v) is 4.19. The SMILES string of the molecule is CCOC(=O)CCCCCCC(CCCCCC[C@@H](C)O)OC(C)=O. The molecule has 0 aromatic heterocycles. The van der Waals surface area contributed by atoms with E-state index in [2.05, 4.69) is 0 Å². The summed E-state index contributed by atoms with van der Waals surface area (Å²) in [5.74, 6) is -0.322. The molecule has 0 saturated heterocycles. The Kier molecular flexibility index (Phi) is 15.7. The highest BCUT2D eigenvalue weighted by Gasteiger charge is 2.11. The summed E-state index contributed by atoms with van der Waals surface area (Å²) in [4.78, 5) is 22.5. The van der Waals surface area contributed by atoms with Crippen LogP contribution in [0.25, 0.3) is 0 Å². The van der Waals surface area contributed by atoms with Crippen LogP contribution in [0.3, 0.4) is 0 Å². The maximum Gasteiger partial charge on any atom is 0.305 e. The number of ether oxygens (including phenoxy) is 2. The Bertz CT molecular complexity index is 341. The maximum atomic E-state index is 11.2. The zero-order chi connectivity index (χ0) is 18.9. The standard InChI is InChI=1S/C20H38O5/c1-4-24-20(23)16-12-8-7-11-15-19(25-18(3)22)14-10-6-5-9-13-17(2)21/h17,19,21H,4-16H2,1-3H3/t17-,19?/m1/s1. The van der Waals surface area contributed by atoms with Gasteiger partial charge < -0.3 is 14.6 Å². The fraction of sp³-hybridized carbons (Fsp3) is 0.900. The summed E-state index contributed by atoms with van der Waals surface area (Å²) in [5.41, 5.74) is 0. The van der Waals surface area contributed by atoms with Gasteiger partial charge in [-0.25, -0.2) is 0 Å². The van der Waals surface area contributed by atoms with E-state index in [0.29, 0.717) is 13.0 Å². The highest BCUT2D eigenvalue weighted by Crippen LogP contribution is 2.16. The van der Waals surface area contributed by atoms with Crippen LogP contribution in [0.2, 0.25) is 0 Å². The van der Waals surface area contributed by atoms with E-state index < -0.39 is 0 Å². The van der Waals surface area contributed by atoms with Crippen molar-refractivity contribution < 1.29 is 24.2 Å². The van der Waals surface area contributed by atoms with Gasteiger partial charge in [0, 0.05) is 13.3 Å². The van der Waals surface area contributed by atoms with E-state index >= 15 is 0 Å². The van der Waals surface area contributed by atoms with Gasteiger partial charge in [-0.15, -0.1) is 0 Å². The third kappa shape index (κ3) is 17.5. The lowest BCUT2D eigenvalue weighted by Gasteiger charge is -2.17. The smallest absolute Gasteiger partial charge is 0.305 e. The number of aliphatic hydroxyl groups is 1. The molecule has 0 aromatic carbocycles. The van der Waals surface area contributed by atoms with Crippen LogP contribution in [0.1, 0.15) is 97.8 Å². The molecule has 5 nitrogen and oxygen atoms in total. The fourth-order valence-electron chi connectivity index (χ4n) is 2.89. The van der Waals surface area contributed by atoms with Crippen molar-refractivity contribution in [2.75, 3.05) is 6.61 Å². The van der Waals surface area contributed by atoms with Gasteiger partial charge in [-0.3, -0.25) is 9.59 Å². The molecule has 0 aliphatic rings. The first-order valence-electron chi connectivity index (χ1n) is 9.96. The van der Waals surface area contributed by atoms with Crippen molar-refractivity contribution >= 4 is 11.9 Å². The number of aliphatic hydroxyl groups excluding tert-OH is 1. The molecule has 0 saturated carbocycles. The van der Waals surface area contributed by atoms with Gasteiger partial charge in [0.2, 0.25) is 0 Å². The van der Waals surface area contributed by atoms with Crippen molar-refractivity contribution in [3.63, 3.8) is 0 Å². The first-order valence-corrected chi connectivity index (χ1v) is 9.96. The van der Waals surface area contributed by atoms with E-state index in [9.17, 15) is 14.7 Å². The van der Waals surface area contributed by atoms with Crippen molar-refractivity contribution in [1.29, 1.82) is 0 Å². The largest absolute Gasteiger partial charge is 0.466 e. The van der Waals surface area contributed by atoms with Gasteiger partial charge in [-0.2, -0.15) is 0 Å². The molecule has 5 heteroatoms. The van der Waals surface area contributed by atoms with Gasteiger partial charge in [0.15, 0.2) is 0 Å². The molecule has 1 N–H and O–H groups in total. The number of carbonyl (C=O) groups is 2. The van der Waals surface area contributed by atoms with Crippen LogP contribution in [-0.4, -0.2) is 35.9 Å². The van der Waals surface area contributed by atoms with Crippen molar-refractivity contribution in [3.05, 3.63) is 0 Å². The predicted molar refractivity (Wildman–Crippen MR) is 99.3 cm³/mol. The second-order valence-corrected chi connectivity index (χ2v) is 6.83. The number of esters is 2. The maximum absolute atomic E-state index is 11.2. The summed E-state index contributed by atoms with van der Waals surface area (Å²) in [6.45, 7) is 5.56. The van der Waals surface area contributed by atoms with E-state index in [4.69, 9.17) is 9.47 Å². The minimum atomic E-state index is -0.211. The van der Waals surface area contributed by atoms with Crippen LogP contribution in [0.5, 0.6) is 0 Å². The summed E-state index contributed by atoms with van der Waals surface area (Å²) >= 11 is 0. The van der Waals surface area contributed by atoms with Crippen molar-refractivity contribution in [2.45, 2.75) is 110 Å². The van der Waals surface area contributed by atoms with Gasteiger partial charge in [-0.05, 0) is 52.4 Å². The highest BCUT2D eigenvalue weighted by atomic mass is 16.5. The lowest BCUT2D eigenvalue weighted by molar-refractivity contribution is -0.147. The topological polar surface area (TPSA) is 72.8 Å². The van der Waals surface area contributed by atoms with Crippen LogP contribution in [0.4, 0.5) is 0 Å². The van der Waals surface area contributed by atoms with Crippen LogP contribution >= 0.6 is 0 Å². The van der Waals surface area contributed by atoms with E-state index in [-0.39, 0.29) is 24.1 Å². The molecule has 0 fully saturated rings. The quantitative estimate of drug-likeness (QED) is 0.324. The molecule has 1 unspecified atom stereocenters. The van der Waals surface area contributed by atoms with Crippen molar-refractivity contribution in [3.8, 4) is 0 Å². The summed E-state index contributed by atoms with van der Waals surface area (Å²) in [5, 5.41) is 9.23. The van der Waals surface area contributed by atoms with Gasteiger partial charge in [0.25, 0.3) is 0 Å². The molecule has 0 aromatic rings. The van der Waals surface area contributed by atoms with E-state index in [1.165, 1.54) is 6.92 Å². The first-order chi connectivity index (χ1) is 12.0. The second-order valence-electron chi connectivity index (χ2n) is 6.83. The number of unbranched alkanes of at least 4 members (excludes halogenated alkanes) is 6. The molecular formula is C20H38O5. The van der Waals surface area contributed by atoms with Crippen LogP contribution in [-0.2, 0) is 19.1 Å². The van der Waals surface area contributed by atoms with E-state index in [1.807, 2.05) is 13.8 Å². The fourth-order valence-corrected chi connectivity index (χ4v) is 2.89. The lowest BCUT2D eigenvalue weighted by atomic mass is 10.0. The number of rotatable bonds is 16. The van der Waals surface area contributed by atoms with Crippen LogP contribution < -0.4 is 0 Å². The normalized spacial score (nSPS) is 13.3. The molecule has 148 valence electrons. The van der Waals surface area contributed by atoms with Crippen molar-refractivity contribution in [2.24, 2.45) is 0 Å². The molecule has 2 atom stereocenters. The monoisotopic (exact) mass is 358 g/mol. The van der Waals surface area contributed by atoms with Gasteiger partial charge in [0.05, 0.1) is 12.7 Å². The first kappa shape index (κ1) is 23.9. The lowest BCUT2D eigenvalue weighted by Crippen LogP contribution is -2.16. The van der Waals surface area contributed by atoms with Crippen molar-refractivity contribution in [1.82, 2.24) is 0 Å². The Balaban J connectivity index is 3.74. The molecule has 0 radical (unpaired) electrons. The minimum Gasteiger partial charge on any atom is -0.466 e. The van der Waals surface area contributed by atoms with Crippen LogP contribution in [0, 0.1) is 0 Å². The molecule has 0 aliphatic carbocycles. The van der Waals surface area contributed by atoms with Gasteiger partial charge in [0.1, 0.15) is 6.10 Å². The molecule has 0 bridgehead atoms. The third-order valence-electron chi connectivity index (χ3n) is 4.19. The Morgan fingerprint density at radius 2 is 1.40 bits per heavy atom. The Hall–Kier alpha value is -1.10. The zero-order valence-electron chi connectivity index (χ0n) is 16.4. The predicted octanol–water partition coefficient (Wildman–Crippen LogP) is 4.54. The summed E-state index contributed by atoms with van der Waals surface area (Å²) < 4.78 is 10.3. The Morgan fingerprint density at radius 1 is 0.880 bits per heavy atom. The molecule has 0 rings (SSSR count). The Labute approximate surface area is 153 Å². The number of carbonyl (C=O) groups excluding carboxylic acids is 2. The summed E-state index contributed by atoms with van der Waals surface area (Å²) in [6, 6.07) is 0. The number of hydrogen-bond donors (Lipinski definition) is 1. The zero-order valence-corrected chi connectivity index (χ0v) is 16.4. The average molecular weight is 359 g/mol. The van der Waals surface area contributed by atoms with Gasteiger partial charge in [-0.1, -0.05) is 32.1 Å². The van der Waals surface area contributed by atoms with E-state index in [1.54, 1.807) is 0 Å². The summed E-state index contributed by atoms with van der Waals surface area (Å²) in [6.07, 6.45) is 11.2. The molecule has 0 amide bonds. The van der Waals surface area contributed by atoms with Gasteiger partial charge >= 0.3 is 11.9 Å². The highest BCUT2D eigenvalue weighted by molar-refractivity contribution is 5.69. The number of hydrogen-bond acceptors (Lipinski definition) is 5. The average Bonchev–Trinajstić information content (AvgIpc) is 2.53. The molecule has 0 spiro atoms.